The number of hydrogen-bond donors (Lipinski definition) is 0. The molecule has 1 nitrogen and oxygen atoms in total. The molecule has 0 spiro atoms. The Labute approximate surface area is 177 Å². The van der Waals surface area contributed by atoms with Crippen LogP contribution in [0.25, 0.3) is 0 Å². The molecule has 1 aromatic rings. The molecular formula is C27H38FN. The van der Waals surface area contributed by atoms with E-state index in [1.165, 1.54) is 83.5 Å². The quantitative estimate of drug-likeness (QED) is 0.495. The largest absolute Gasteiger partial charge is 0.206 e. The third-order valence-corrected chi connectivity index (χ3v) is 8.83. The molecule has 3 saturated carbocycles. The van der Waals surface area contributed by atoms with Crippen LogP contribution in [0, 0.1) is 46.7 Å². The molecule has 0 amide bonds. The smallest absolute Gasteiger partial charge is 0.141 e. The van der Waals surface area contributed by atoms with Gasteiger partial charge in [-0.05, 0) is 85.3 Å². The van der Waals surface area contributed by atoms with E-state index in [0.29, 0.717) is 5.92 Å². The van der Waals surface area contributed by atoms with Gasteiger partial charge in [0, 0.05) is 0 Å². The number of nitrogens with zero attached hydrogens (tertiary/aromatic N) is 1. The Bertz CT molecular complexity index is 712. The molecule has 3 aliphatic carbocycles. The van der Waals surface area contributed by atoms with E-state index in [4.69, 9.17) is 5.26 Å². The van der Waals surface area contributed by atoms with E-state index in [2.05, 4.69) is 6.92 Å². The molecule has 0 radical (unpaired) electrons. The van der Waals surface area contributed by atoms with Crippen molar-refractivity contribution in [2.24, 2.45) is 29.6 Å². The Morgan fingerprint density at radius 3 is 2.24 bits per heavy atom. The summed E-state index contributed by atoms with van der Waals surface area (Å²) >= 11 is 0. The number of fused-ring (bicyclic) bond motifs is 1. The van der Waals surface area contributed by atoms with Crippen molar-refractivity contribution in [1.29, 1.82) is 5.26 Å². The fourth-order valence-electron chi connectivity index (χ4n) is 6.83. The van der Waals surface area contributed by atoms with E-state index >= 15 is 0 Å². The Kier molecular flexibility index (Phi) is 6.94. The zero-order valence-corrected chi connectivity index (χ0v) is 18.2. The zero-order chi connectivity index (χ0) is 20.2. The highest BCUT2D eigenvalue weighted by atomic mass is 19.1. The Balaban J connectivity index is 1.24. The standard InChI is InChI=1S/C27H38FN/c1-2-19-3-5-20(6-4-19)7-8-21-9-10-23-16-24(12-11-22(23)15-21)25-13-14-26(18-29)27(28)17-25/h13-14,17,19-24H,2-12,15-16H2,1H3. The first kappa shape index (κ1) is 20.9. The summed E-state index contributed by atoms with van der Waals surface area (Å²) in [5, 5.41) is 8.96. The summed E-state index contributed by atoms with van der Waals surface area (Å²) in [6.07, 6.45) is 18.2. The van der Waals surface area contributed by atoms with Gasteiger partial charge in [-0.1, -0.05) is 64.4 Å². The van der Waals surface area contributed by atoms with E-state index < -0.39 is 0 Å². The fourth-order valence-corrected chi connectivity index (χ4v) is 6.83. The minimum atomic E-state index is -0.344. The van der Waals surface area contributed by atoms with Gasteiger partial charge >= 0.3 is 0 Å². The lowest BCUT2D eigenvalue weighted by atomic mass is 9.63. The molecule has 1 aromatic carbocycles. The molecule has 3 fully saturated rings. The summed E-state index contributed by atoms with van der Waals surface area (Å²) in [6.45, 7) is 2.36. The highest BCUT2D eigenvalue weighted by Gasteiger charge is 2.36. The van der Waals surface area contributed by atoms with Gasteiger partial charge in [-0.3, -0.25) is 0 Å². The molecular weight excluding hydrogens is 357 g/mol. The molecule has 0 bridgehead atoms. The van der Waals surface area contributed by atoms with Crippen LogP contribution in [-0.4, -0.2) is 0 Å². The second kappa shape index (κ2) is 9.63. The van der Waals surface area contributed by atoms with Crippen LogP contribution in [0.2, 0.25) is 0 Å². The van der Waals surface area contributed by atoms with Gasteiger partial charge < -0.3 is 0 Å². The predicted octanol–water partition coefficient (Wildman–Crippen LogP) is 7.99. The lowest BCUT2D eigenvalue weighted by Crippen LogP contribution is -2.30. The van der Waals surface area contributed by atoms with E-state index in [1.807, 2.05) is 12.1 Å². The Hall–Kier alpha value is -1.36. The van der Waals surface area contributed by atoms with E-state index in [-0.39, 0.29) is 11.4 Å². The van der Waals surface area contributed by atoms with Gasteiger partial charge in [-0.2, -0.15) is 5.26 Å². The number of halogens is 1. The maximum absolute atomic E-state index is 14.0. The third kappa shape index (κ3) is 5.04. The van der Waals surface area contributed by atoms with Crippen LogP contribution in [0.4, 0.5) is 4.39 Å². The van der Waals surface area contributed by atoms with Gasteiger partial charge in [0.25, 0.3) is 0 Å². The molecule has 3 aliphatic rings. The molecule has 0 N–H and O–H groups in total. The second-order valence-electron chi connectivity index (χ2n) is 10.4. The molecule has 0 aliphatic heterocycles. The summed E-state index contributed by atoms with van der Waals surface area (Å²) in [7, 11) is 0. The Morgan fingerprint density at radius 2 is 1.52 bits per heavy atom. The van der Waals surface area contributed by atoms with Crippen molar-refractivity contribution in [3.63, 3.8) is 0 Å². The normalized spacial score (nSPS) is 34.9. The number of benzene rings is 1. The molecule has 2 heteroatoms. The minimum absolute atomic E-state index is 0.172. The van der Waals surface area contributed by atoms with Crippen molar-refractivity contribution in [2.75, 3.05) is 0 Å². The molecule has 0 aromatic heterocycles. The van der Waals surface area contributed by atoms with Crippen LogP contribution in [0.5, 0.6) is 0 Å². The first-order valence-electron chi connectivity index (χ1n) is 12.4. The van der Waals surface area contributed by atoms with E-state index in [9.17, 15) is 4.39 Å². The van der Waals surface area contributed by atoms with Gasteiger partial charge in [0.1, 0.15) is 11.9 Å². The highest BCUT2D eigenvalue weighted by Crippen LogP contribution is 2.49. The summed E-state index contributed by atoms with van der Waals surface area (Å²) in [6, 6.07) is 7.23. The highest BCUT2D eigenvalue weighted by molar-refractivity contribution is 5.35. The lowest BCUT2D eigenvalue weighted by Gasteiger charge is -2.43. The van der Waals surface area contributed by atoms with Crippen molar-refractivity contribution in [1.82, 2.24) is 0 Å². The van der Waals surface area contributed by atoms with Crippen molar-refractivity contribution in [3.8, 4) is 6.07 Å². The van der Waals surface area contributed by atoms with Crippen LogP contribution < -0.4 is 0 Å². The van der Waals surface area contributed by atoms with Crippen LogP contribution in [-0.2, 0) is 0 Å². The van der Waals surface area contributed by atoms with Gasteiger partial charge in [-0.25, -0.2) is 4.39 Å². The molecule has 0 saturated heterocycles. The monoisotopic (exact) mass is 395 g/mol. The van der Waals surface area contributed by atoms with E-state index in [1.54, 1.807) is 12.1 Å². The topological polar surface area (TPSA) is 23.8 Å². The molecule has 4 unspecified atom stereocenters. The predicted molar refractivity (Wildman–Crippen MR) is 117 cm³/mol. The molecule has 0 heterocycles. The van der Waals surface area contributed by atoms with Crippen LogP contribution in [0.15, 0.2) is 18.2 Å². The first-order valence-corrected chi connectivity index (χ1v) is 12.4. The molecule has 4 atom stereocenters. The Morgan fingerprint density at radius 1 is 0.862 bits per heavy atom. The van der Waals surface area contributed by atoms with Gasteiger partial charge in [0.2, 0.25) is 0 Å². The van der Waals surface area contributed by atoms with Crippen molar-refractivity contribution < 1.29 is 4.39 Å². The number of hydrogen-bond acceptors (Lipinski definition) is 1. The SMILES string of the molecule is CCC1CCC(CCC2CCC3CC(c4ccc(C#N)c(F)c4)CCC3C2)CC1. The van der Waals surface area contributed by atoms with Gasteiger partial charge in [0.15, 0.2) is 0 Å². The molecule has 158 valence electrons. The van der Waals surface area contributed by atoms with Crippen molar-refractivity contribution >= 4 is 0 Å². The van der Waals surface area contributed by atoms with Gasteiger partial charge in [-0.15, -0.1) is 0 Å². The maximum Gasteiger partial charge on any atom is 0.141 e. The van der Waals surface area contributed by atoms with Crippen molar-refractivity contribution in [2.45, 2.75) is 96.3 Å². The minimum Gasteiger partial charge on any atom is -0.206 e. The average Bonchev–Trinajstić information content (AvgIpc) is 2.77. The number of nitriles is 1. The zero-order valence-electron chi connectivity index (χ0n) is 18.2. The average molecular weight is 396 g/mol. The van der Waals surface area contributed by atoms with Crippen LogP contribution >= 0.6 is 0 Å². The summed E-state index contributed by atoms with van der Waals surface area (Å²) in [4.78, 5) is 0. The lowest BCUT2D eigenvalue weighted by molar-refractivity contribution is 0.108. The van der Waals surface area contributed by atoms with E-state index in [0.717, 1.165) is 35.2 Å². The first-order chi connectivity index (χ1) is 14.2. The third-order valence-electron chi connectivity index (χ3n) is 8.83. The van der Waals surface area contributed by atoms with Crippen LogP contribution in [0.1, 0.15) is 107 Å². The summed E-state index contributed by atoms with van der Waals surface area (Å²) in [5.74, 6) is 4.88. The number of rotatable bonds is 5. The van der Waals surface area contributed by atoms with Crippen LogP contribution in [0.3, 0.4) is 0 Å². The summed E-state index contributed by atoms with van der Waals surface area (Å²) in [5.41, 5.74) is 1.29. The van der Waals surface area contributed by atoms with Crippen molar-refractivity contribution in [3.05, 3.63) is 35.1 Å². The van der Waals surface area contributed by atoms with Gasteiger partial charge in [0.05, 0.1) is 5.56 Å². The molecule has 29 heavy (non-hydrogen) atoms. The molecule has 4 rings (SSSR count). The second-order valence-corrected chi connectivity index (χ2v) is 10.4. The summed E-state index contributed by atoms with van der Waals surface area (Å²) < 4.78 is 14.0. The maximum atomic E-state index is 14.0. The fraction of sp³-hybridized carbons (Fsp3) is 0.741.